The second-order valence-corrected chi connectivity index (χ2v) is 6.93. The quantitative estimate of drug-likeness (QED) is 0.739. The van der Waals surface area contributed by atoms with Crippen LogP contribution in [0, 0.1) is 11.8 Å². The van der Waals surface area contributed by atoms with Crippen molar-refractivity contribution in [3.8, 4) is 0 Å². The Morgan fingerprint density at radius 2 is 1.77 bits per heavy atom. The van der Waals surface area contributed by atoms with Crippen LogP contribution in [-0.2, 0) is 4.79 Å². The molecule has 0 radical (unpaired) electrons. The molecule has 2 aliphatic rings. The molecule has 1 unspecified atom stereocenters. The number of piperidine rings is 1. The van der Waals surface area contributed by atoms with E-state index in [1.54, 1.807) is 24.3 Å². The number of carbonyl (C=O) groups excluding carboxylic acids is 3. The van der Waals surface area contributed by atoms with Crippen molar-refractivity contribution in [2.75, 3.05) is 26.2 Å². The molecule has 3 amide bonds. The molecule has 1 saturated heterocycles. The summed E-state index contributed by atoms with van der Waals surface area (Å²) in [6.45, 7) is 4.68. The van der Waals surface area contributed by atoms with Crippen LogP contribution >= 0.6 is 12.4 Å². The van der Waals surface area contributed by atoms with Gasteiger partial charge in [0.25, 0.3) is 11.8 Å². The molecule has 2 aliphatic heterocycles. The first-order chi connectivity index (χ1) is 12.1. The van der Waals surface area contributed by atoms with Crippen molar-refractivity contribution in [3.05, 3.63) is 35.4 Å². The van der Waals surface area contributed by atoms with Gasteiger partial charge in [0.05, 0.1) is 11.1 Å². The number of hydrogen-bond acceptors (Lipinski definition) is 4. The summed E-state index contributed by atoms with van der Waals surface area (Å²) in [6, 6.07) is 6.82. The Bertz CT molecular complexity index is 639. The van der Waals surface area contributed by atoms with Crippen LogP contribution in [0.25, 0.3) is 0 Å². The molecular weight excluding hydrogens is 354 g/mol. The lowest BCUT2D eigenvalue weighted by atomic mass is 9.84. The van der Waals surface area contributed by atoms with Gasteiger partial charge in [-0.25, -0.2) is 0 Å². The van der Waals surface area contributed by atoms with Gasteiger partial charge in [-0.05, 0) is 49.9 Å². The van der Waals surface area contributed by atoms with Gasteiger partial charge in [0.15, 0.2) is 0 Å². The topological polar surface area (TPSA) is 78.5 Å². The summed E-state index contributed by atoms with van der Waals surface area (Å²) >= 11 is 0. The number of carbonyl (C=O) groups is 3. The van der Waals surface area contributed by atoms with Crippen molar-refractivity contribution in [2.24, 2.45) is 11.8 Å². The van der Waals surface area contributed by atoms with Crippen molar-refractivity contribution in [3.63, 3.8) is 0 Å². The smallest absolute Gasteiger partial charge is 0.261 e. The first-order valence-electron chi connectivity index (χ1n) is 9.00. The van der Waals surface area contributed by atoms with E-state index in [0.29, 0.717) is 35.9 Å². The molecule has 0 bridgehead atoms. The summed E-state index contributed by atoms with van der Waals surface area (Å²) in [5.74, 6) is 0.364. The highest BCUT2D eigenvalue weighted by Gasteiger charge is 2.34. The second-order valence-electron chi connectivity index (χ2n) is 6.93. The van der Waals surface area contributed by atoms with Crippen molar-refractivity contribution in [2.45, 2.75) is 26.2 Å². The van der Waals surface area contributed by atoms with Gasteiger partial charge in [-0.3, -0.25) is 19.3 Å². The van der Waals surface area contributed by atoms with E-state index in [9.17, 15) is 14.4 Å². The van der Waals surface area contributed by atoms with Gasteiger partial charge in [-0.2, -0.15) is 0 Å². The molecule has 2 heterocycles. The maximum atomic E-state index is 12.3. The number of imide groups is 1. The zero-order valence-electron chi connectivity index (χ0n) is 15.0. The number of hydrogen-bond donors (Lipinski definition) is 2. The lowest BCUT2D eigenvalue weighted by Gasteiger charge is -2.28. The molecule has 0 saturated carbocycles. The summed E-state index contributed by atoms with van der Waals surface area (Å²) < 4.78 is 0. The maximum absolute atomic E-state index is 12.3. The molecule has 0 aliphatic carbocycles. The van der Waals surface area contributed by atoms with Crippen molar-refractivity contribution >= 4 is 30.1 Å². The minimum atomic E-state index is -0.280. The lowest BCUT2D eigenvalue weighted by molar-refractivity contribution is -0.122. The Kier molecular flexibility index (Phi) is 7.17. The van der Waals surface area contributed by atoms with E-state index in [-0.39, 0.29) is 36.7 Å². The number of rotatable bonds is 6. The van der Waals surface area contributed by atoms with Gasteiger partial charge in [0.2, 0.25) is 5.91 Å². The number of nitrogens with one attached hydrogen (secondary N) is 2. The fourth-order valence-corrected chi connectivity index (χ4v) is 3.69. The molecule has 1 aromatic rings. The van der Waals surface area contributed by atoms with Crippen LogP contribution in [0.1, 0.15) is 46.9 Å². The first-order valence-corrected chi connectivity index (χ1v) is 9.00. The van der Waals surface area contributed by atoms with Crippen molar-refractivity contribution in [1.29, 1.82) is 0 Å². The molecule has 2 N–H and O–H groups in total. The van der Waals surface area contributed by atoms with E-state index in [0.717, 1.165) is 25.9 Å². The second kappa shape index (κ2) is 9.14. The molecule has 0 spiro atoms. The van der Waals surface area contributed by atoms with E-state index in [1.165, 1.54) is 4.90 Å². The Balaban J connectivity index is 0.00000243. The predicted molar refractivity (Wildman–Crippen MR) is 101 cm³/mol. The first kappa shape index (κ1) is 20.4. The summed E-state index contributed by atoms with van der Waals surface area (Å²) in [5, 5.41) is 6.18. The highest BCUT2D eigenvalue weighted by molar-refractivity contribution is 6.21. The standard InChI is InChI=1S/C19H25N3O3.ClH/c1-13(14-6-8-20-9-7-14)12-17(23)21-10-11-22-18(24)15-4-2-3-5-16(15)19(22)25;/h2-5,13-14,20H,6-12H2,1H3,(H,21,23);1H. The van der Waals surface area contributed by atoms with Crippen LogP contribution < -0.4 is 10.6 Å². The molecule has 142 valence electrons. The minimum Gasteiger partial charge on any atom is -0.354 e. The maximum Gasteiger partial charge on any atom is 0.261 e. The largest absolute Gasteiger partial charge is 0.354 e. The molecule has 6 nitrogen and oxygen atoms in total. The number of halogens is 1. The van der Waals surface area contributed by atoms with Gasteiger partial charge >= 0.3 is 0 Å². The average molecular weight is 380 g/mol. The average Bonchev–Trinajstić information content (AvgIpc) is 2.87. The molecule has 7 heteroatoms. The Morgan fingerprint density at radius 1 is 1.19 bits per heavy atom. The zero-order chi connectivity index (χ0) is 17.8. The van der Waals surface area contributed by atoms with Gasteiger partial charge < -0.3 is 10.6 Å². The molecule has 0 aromatic heterocycles. The van der Waals surface area contributed by atoms with E-state index in [2.05, 4.69) is 17.6 Å². The zero-order valence-corrected chi connectivity index (χ0v) is 15.8. The van der Waals surface area contributed by atoms with E-state index in [4.69, 9.17) is 0 Å². The van der Waals surface area contributed by atoms with Gasteiger partial charge in [-0.1, -0.05) is 19.1 Å². The predicted octanol–water partition coefficient (Wildman–Crippen LogP) is 1.85. The summed E-state index contributed by atoms with van der Waals surface area (Å²) in [7, 11) is 0. The monoisotopic (exact) mass is 379 g/mol. The van der Waals surface area contributed by atoms with Gasteiger partial charge in [-0.15, -0.1) is 12.4 Å². The third-order valence-electron chi connectivity index (χ3n) is 5.23. The summed E-state index contributed by atoms with van der Waals surface area (Å²) in [5.41, 5.74) is 0.886. The molecule has 3 rings (SSSR count). The summed E-state index contributed by atoms with van der Waals surface area (Å²) in [4.78, 5) is 37.9. The third-order valence-corrected chi connectivity index (χ3v) is 5.23. The molecular formula is C19H26ClN3O3. The van der Waals surface area contributed by atoms with Crippen molar-refractivity contribution < 1.29 is 14.4 Å². The Labute approximate surface area is 160 Å². The lowest BCUT2D eigenvalue weighted by Crippen LogP contribution is -2.39. The van der Waals surface area contributed by atoms with Crippen LogP contribution in [0.15, 0.2) is 24.3 Å². The molecule has 1 aromatic carbocycles. The molecule has 1 fully saturated rings. The van der Waals surface area contributed by atoms with E-state index in [1.807, 2.05) is 0 Å². The third kappa shape index (κ3) is 4.43. The number of fused-ring (bicyclic) bond motifs is 1. The van der Waals surface area contributed by atoms with E-state index >= 15 is 0 Å². The highest BCUT2D eigenvalue weighted by atomic mass is 35.5. The molecule has 1 atom stereocenters. The number of amides is 3. The van der Waals surface area contributed by atoms with E-state index < -0.39 is 0 Å². The Morgan fingerprint density at radius 3 is 2.35 bits per heavy atom. The Hall–Kier alpha value is -1.92. The highest BCUT2D eigenvalue weighted by Crippen LogP contribution is 2.24. The minimum absolute atomic E-state index is 0. The normalized spacial score (nSPS) is 18.3. The SMILES string of the molecule is CC(CC(=O)NCCN1C(=O)c2ccccc2C1=O)C1CCNCC1.Cl. The van der Waals surface area contributed by atoms with Crippen LogP contribution in [0.3, 0.4) is 0 Å². The van der Waals surface area contributed by atoms with Crippen LogP contribution in [-0.4, -0.2) is 48.8 Å². The van der Waals surface area contributed by atoms with Gasteiger partial charge in [0, 0.05) is 19.5 Å². The van der Waals surface area contributed by atoms with Crippen LogP contribution in [0.4, 0.5) is 0 Å². The molecule has 26 heavy (non-hydrogen) atoms. The van der Waals surface area contributed by atoms with Crippen LogP contribution in [0.5, 0.6) is 0 Å². The van der Waals surface area contributed by atoms with Crippen LogP contribution in [0.2, 0.25) is 0 Å². The fraction of sp³-hybridized carbons (Fsp3) is 0.526. The van der Waals surface area contributed by atoms with Gasteiger partial charge in [0.1, 0.15) is 0 Å². The number of benzene rings is 1. The van der Waals surface area contributed by atoms with Crippen molar-refractivity contribution in [1.82, 2.24) is 15.5 Å². The summed E-state index contributed by atoms with van der Waals surface area (Å²) in [6.07, 6.45) is 2.72. The number of nitrogens with zero attached hydrogens (tertiary/aromatic N) is 1. The fourth-order valence-electron chi connectivity index (χ4n) is 3.69.